The van der Waals surface area contributed by atoms with Crippen LogP contribution >= 0.6 is 11.8 Å². The zero-order valence-corrected chi connectivity index (χ0v) is 14.2. The molecule has 6 nitrogen and oxygen atoms in total. The van der Waals surface area contributed by atoms with E-state index in [0.717, 1.165) is 5.69 Å². The Morgan fingerprint density at radius 1 is 1.30 bits per heavy atom. The lowest BCUT2D eigenvalue weighted by Crippen LogP contribution is -2.05. The minimum atomic E-state index is -0.442. The summed E-state index contributed by atoms with van der Waals surface area (Å²) < 4.78 is 11.9. The molecule has 122 valence electrons. The predicted molar refractivity (Wildman–Crippen MR) is 91.1 cm³/mol. The number of para-hydroxylation sites is 1. The third-order valence-corrected chi connectivity index (χ3v) is 3.59. The van der Waals surface area contributed by atoms with Gasteiger partial charge >= 0.3 is 5.97 Å². The molecule has 0 fully saturated rings. The fourth-order valence-corrected chi connectivity index (χ4v) is 2.49. The van der Waals surface area contributed by atoms with Gasteiger partial charge in [0.05, 0.1) is 18.9 Å². The maximum Gasteiger partial charge on any atom is 0.344 e. The van der Waals surface area contributed by atoms with Gasteiger partial charge in [-0.15, -0.1) is 11.8 Å². The fourth-order valence-electron chi connectivity index (χ4n) is 1.94. The summed E-state index contributed by atoms with van der Waals surface area (Å²) in [7, 11) is 0. The van der Waals surface area contributed by atoms with Gasteiger partial charge in [0.25, 0.3) is 0 Å². The molecule has 2 rings (SSSR count). The Morgan fingerprint density at radius 2 is 2.04 bits per heavy atom. The minimum absolute atomic E-state index is 0.289. The molecule has 0 spiro atoms. The van der Waals surface area contributed by atoms with Gasteiger partial charge < -0.3 is 9.47 Å². The maximum atomic E-state index is 12.3. The maximum absolute atomic E-state index is 12.3. The minimum Gasteiger partial charge on any atom is -0.483 e. The Labute approximate surface area is 139 Å². The molecule has 0 atom stereocenters. The van der Waals surface area contributed by atoms with Crippen LogP contribution < -0.4 is 0 Å². The van der Waals surface area contributed by atoms with E-state index in [1.165, 1.54) is 18.2 Å². The Balaban J connectivity index is 2.59. The Morgan fingerprint density at radius 3 is 2.65 bits per heavy atom. The van der Waals surface area contributed by atoms with Crippen molar-refractivity contribution in [3.05, 3.63) is 35.9 Å². The number of rotatable bonds is 7. The molecular weight excluding hydrogens is 314 g/mol. The van der Waals surface area contributed by atoms with Crippen molar-refractivity contribution in [2.75, 3.05) is 19.5 Å². The number of thioether (sulfide) groups is 1. The van der Waals surface area contributed by atoms with E-state index < -0.39 is 5.97 Å². The SMILES string of the molecule is CCO/C=N/c1c(C(=O)OCC)c(SC)nn1-c1ccccc1. The molecule has 7 heteroatoms. The molecule has 0 aliphatic rings. The molecule has 23 heavy (non-hydrogen) atoms. The van der Waals surface area contributed by atoms with Gasteiger partial charge in [-0.2, -0.15) is 10.1 Å². The number of hydrogen-bond acceptors (Lipinski definition) is 6. The third kappa shape index (κ3) is 3.92. The first-order valence-electron chi connectivity index (χ1n) is 7.26. The molecule has 0 N–H and O–H groups in total. The fraction of sp³-hybridized carbons (Fsp3) is 0.312. The highest BCUT2D eigenvalue weighted by molar-refractivity contribution is 7.98. The summed E-state index contributed by atoms with van der Waals surface area (Å²) >= 11 is 1.37. The smallest absolute Gasteiger partial charge is 0.344 e. The van der Waals surface area contributed by atoms with Crippen LogP contribution in [0.1, 0.15) is 24.2 Å². The number of carbonyl (C=O) groups excluding carboxylic acids is 1. The summed E-state index contributed by atoms with van der Waals surface area (Å²) in [5.41, 5.74) is 1.15. The number of benzene rings is 1. The normalized spacial score (nSPS) is 10.9. The summed E-state index contributed by atoms with van der Waals surface area (Å²) in [6.45, 7) is 4.41. The van der Waals surface area contributed by atoms with Crippen molar-refractivity contribution in [2.45, 2.75) is 18.9 Å². The van der Waals surface area contributed by atoms with Crippen molar-refractivity contribution in [2.24, 2.45) is 4.99 Å². The van der Waals surface area contributed by atoms with Crippen LogP contribution in [0, 0.1) is 0 Å². The predicted octanol–water partition coefficient (Wildman–Crippen LogP) is 3.47. The van der Waals surface area contributed by atoms with Gasteiger partial charge in [-0.1, -0.05) is 18.2 Å². The van der Waals surface area contributed by atoms with Crippen LogP contribution in [0.4, 0.5) is 5.82 Å². The van der Waals surface area contributed by atoms with Crippen LogP contribution in [0.2, 0.25) is 0 Å². The second kappa shape index (κ2) is 8.38. The first kappa shape index (κ1) is 17.1. The van der Waals surface area contributed by atoms with E-state index in [2.05, 4.69) is 10.1 Å². The molecule has 1 aromatic carbocycles. The second-order valence-corrected chi connectivity index (χ2v) is 5.16. The average molecular weight is 333 g/mol. The number of nitrogens with zero attached hydrogens (tertiary/aromatic N) is 3. The van der Waals surface area contributed by atoms with E-state index in [9.17, 15) is 4.79 Å². The van der Waals surface area contributed by atoms with Gasteiger partial charge in [0.1, 0.15) is 10.6 Å². The number of aliphatic imine (C=N–C) groups is 1. The van der Waals surface area contributed by atoms with Crippen molar-refractivity contribution in [1.82, 2.24) is 9.78 Å². The third-order valence-electron chi connectivity index (χ3n) is 2.92. The highest BCUT2D eigenvalue weighted by Crippen LogP contribution is 2.32. The zero-order valence-electron chi connectivity index (χ0n) is 13.4. The van der Waals surface area contributed by atoms with Crippen LogP contribution in [-0.2, 0) is 9.47 Å². The number of esters is 1. The lowest BCUT2D eigenvalue weighted by atomic mass is 10.3. The molecular formula is C16H19N3O3S. The van der Waals surface area contributed by atoms with E-state index >= 15 is 0 Å². The van der Waals surface area contributed by atoms with E-state index in [-0.39, 0.29) is 6.61 Å². The quantitative estimate of drug-likeness (QED) is 0.336. The molecule has 0 aliphatic carbocycles. The summed E-state index contributed by atoms with van der Waals surface area (Å²) in [5.74, 6) is -0.0462. The molecule has 0 amide bonds. The monoisotopic (exact) mass is 333 g/mol. The van der Waals surface area contributed by atoms with Gasteiger partial charge in [0, 0.05) is 0 Å². The van der Waals surface area contributed by atoms with E-state index in [4.69, 9.17) is 9.47 Å². The first-order chi connectivity index (χ1) is 11.2. The van der Waals surface area contributed by atoms with Gasteiger partial charge in [0.15, 0.2) is 12.2 Å². The topological polar surface area (TPSA) is 65.7 Å². The standard InChI is InChI=1S/C16H19N3O3S/c1-4-21-11-17-14-13(16(20)22-5-2)15(23-3)18-19(14)12-9-7-6-8-10-12/h6-11H,4-5H2,1-3H3/b17-11+. The largest absolute Gasteiger partial charge is 0.483 e. The molecule has 0 aliphatic heterocycles. The number of ether oxygens (including phenoxy) is 2. The van der Waals surface area contributed by atoms with Crippen molar-refractivity contribution in [3.8, 4) is 5.69 Å². The van der Waals surface area contributed by atoms with Crippen LogP contribution in [0.3, 0.4) is 0 Å². The van der Waals surface area contributed by atoms with Crippen molar-refractivity contribution >= 4 is 29.9 Å². The second-order valence-electron chi connectivity index (χ2n) is 4.37. The van der Waals surface area contributed by atoms with Gasteiger partial charge in [-0.25, -0.2) is 9.48 Å². The van der Waals surface area contributed by atoms with Crippen molar-refractivity contribution < 1.29 is 14.3 Å². The lowest BCUT2D eigenvalue weighted by Gasteiger charge is -2.05. The van der Waals surface area contributed by atoms with E-state index in [0.29, 0.717) is 23.0 Å². The van der Waals surface area contributed by atoms with Crippen molar-refractivity contribution in [1.29, 1.82) is 0 Å². The van der Waals surface area contributed by atoms with Crippen LogP contribution in [0.15, 0.2) is 40.4 Å². The van der Waals surface area contributed by atoms with Gasteiger partial charge in [-0.3, -0.25) is 0 Å². The molecule has 0 saturated carbocycles. The Hall–Kier alpha value is -2.28. The van der Waals surface area contributed by atoms with E-state index in [1.807, 2.05) is 43.5 Å². The summed E-state index contributed by atoms with van der Waals surface area (Å²) in [5, 5.41) is 5.06. The molecule has 2 aromatic rings. The Bertz CT molecular complexity index is 683. The zero-order chi connectivity index (χ0) is 16.7. The molecule has 0 saturated heterocycles. The number of carbonyl (C=O) groups is 1. The number of hydrogen-bond donors (Lipinski definition) is 0. The molecule has 1 aromatic heterocycles. The molecule has 0 radical (unpaired) electrons. The van der Waals surface area contributed by atoms with Crippen molar-refractivity contribution in [3.63, 3.8) is 0 Å². The summed E-state index contributed by atoms with van der Waals surface area (Å²) in [4.78, 5) is 16.6. The van der Waals surface area contributed by atoms with Crippen LogP contribution in [0.5, 0.6) is 0 Å². The Kier molecular flexibility index (Phi) is 6.22. The highest BCUT2D eigenvalue weighted by atomic mass is 32.2. The number of aromatic nitrogens is 2. The molecule has 0 bridgehead atoms. The molecule has 1 heterocycles. The van der Waals surface area contributed by atoms with Crippen LogP contribution in [-0.4, -0.2) is 41.6 Å². The van der Waals surface area contributed by atoms with Gasteiger partial charge in [-0.05, 0) is 32.2 Å². The van der Waals surface area contributed by atoms with E-state index in [1.54, 1.807) is 11.6 Å². The van der Waals surface area contributed by atoms with Crippen LogP contribution in [0.25, 0.3) is 5.69 Å². The first-order valence-corrected chi connectivity index (χ1v) is 8.49. The van der Waals surface area contributed by atoms with Gasteiger partial charge in [0.2, 0.25) is 0 Å². The summed E-state index contributed by atoms with van der Waals surface area (Å²) in [6, 6.07) is 9.50. The lowest BCUT2D eigenvalue weighted by molar-refractivity contribution is 0.0523. The average Bonchev–Trinajstić information content (AvgIpc) is 2.95. The summed E-state index contributed by atoms with van der Waals surface area (Å²) in [6.07, 6.45) is 3.18. The molecule has 0 unspecified atom stereocenters. The highest BCUT2D eigenvalue weighted by Gasteiger charge is 2.25.